The molecule has 1 fully saturated rings. The van der Waals surface area contributed by atoms with Crippen LogP contribution in [0.4, 0.5) is 0 Å². The summed E-state index contributed by atoms with van der Waals surface area (Å²) in [7, 11) is 1.87. The second-order valence-corrected chi connectivity index (χ2v) is 7.40. The molecule has 1 heterocycles. The summed E-state index contributed by atoms with van der Waals surface area (Å²) in [5, 5.41) is 6.07. The number of nitrogens with one attached hydrogen (secondary N) is 2. The van der Waals surface area contributed by atoms with Crippen molar-refractivity contribution >= 4 is 40.2 Å². The normalized spacial score (nSPS) is 18.2. The van der Waals surface area contributed by atoms with Gasteiger partial charge in [0.25, 0.3) is 5.91 Å². The number of piperidine rings is 1. The van der Waals surface area contributed by atoms with Gasteiger partial charge in [-0.2, -0.15) is 0 Å². The molecule has 0 bridgehead atoms. The third-order valence-electron chi connectivity index (χ3n) is 4.57. The maximum atomic E-state index is 12.8. The molecule has 0 spiro atoms. The van der Waals surface area contributed by atoms with Crippen molar-refractivity contribution in [2.24, 2.45) is 5.92 Å². The highest BCUT2D eigenvalue weighted by molar-refractivity contribution is 9.10. The maximum Gasteiger partial charge on any atom is 0.254 e. The zero-order valence-corrected chi connectivity index (χ0v) is 17.4. The Bertz CT molecular complexity index is 612. The highest BCUT2D eigenvalue weighted by Crippen LogP contribution is 2.22. The Morgan fingerprint density at radius 2 is 2.12 bits per heavy atom. The zero-order chi connectivity index (χ0) is 17.7. The Morgan fingerprint density at radius 3 is 2.76 bits per heavy atom. The standard InChI is InChI=1S/C18H26BrN3O2.ClH/c1-12-9-15(19)6-7-16(12)18(24)22-8-4-5-14(11-22)17(23)21-10-13(2)20-3;/h6-7,9,13-14,20H,4-5,8,10-11H2,1-3H3,(H,21,23);1H. The molecule has 2 atom stereocenters. The number of amides is 2. The lowest BCUT2D eigenvalue weighted by Gasteiger charge is -2.32. The van der Waals surface area contributed by atoms with Crippen LogP contribution in [-0.2, 0) is 4.79 Å². The summed E-state index contributed by atoms with van der Waals surface area (Å²) in [4.78, 5) is 26.9. The Hall–Kier alpha value is -1.11. The van der Waals surface area contributed by atoms with Crippen molar-refractivity contribution in [1.29, 1.82) is 0 Å². The van der Waals surface area contributed by atoms with Crippen LogP contribution in [0.25, 0.3) is 0 Å². The molecule has 1 aromatic rings. The Morgan fingerprint density at radius 1 is 1.40 bits per heavy atom. The summed E-state index contributed by atoms with van der Waals surface area (Å²) in [6, 6.07) is 5.91. The van der Waals surface area contributed by atoms with Gasteiger partial charge in [-0.3, -0.25) is 9.59 Å². The van der Waals surface area contributed by atoms with Crippen molar-refractivity contribution in [3.63, 3.8) is 0 Å². The van der Waals surface area contributed by atoms with Gasteiger partial charge in [-0.25, -0.2) is 0 Å². The van der Waals surface area contributed by atoms with Crippen LogP contribution in [0.1, 0.15) is 35.7 Å². The highest BCUT2D eigenvalue weighted by Gasteiger charge is 2.29. The zero-order valence-electron chi connectivity index (χ0n) is 15.0. The molecule has 2 rings (SSSR count). The summed E-state index contributed by atoms with van der Waals surface area (Å²) >= 11 is 3.42. The van der Waals surface area contributed by atoms with E-state index in [1.54, 1.807) is 0 Å². The molecule has 1 saturated heterocycles. The highest BCUT2D eigenvalue weighted by atomic mass is 79.9. The van der Waals surface area contributed by atoms with Crippen molar-refractivity contribution < 1.29 is 9.59 Å². The predicted octanol–water partition coefficient (Wildman–Crippen LogP) is 2.76. The third-order valence-corrected chi connectivity index (χ3v) is 5.07. The van der Waals surface area contributed by atoms with Crippen LogP contribution >= 0.6 is 28.3 Å². The fourth-order valence-electron chi connectivity index (χ4n) is 2.91. The SMILES string of the molecule is CNC(C)CNC(=O)C1CCCN(C(=O)c2ccc(Br)cc2C)C1.Cl. The van der Waals surface area contributed by atoms with E-state index in [0.717, 1.165) is 22.9 Å². The second-order valence-electron chi connectivity index (χ2n) is 6.48. The van der Waals surface area contributed by atoms with Crippen molar-refractivity contribution in [3.05, 3.63) is 33.8 Å². The minimum atomic E-state index is -0.123. The minimum absolute atomic E-state index is 0. The number of benzene rings is 1. The number of halogens is 2. The lowest BCUT2D eigenvalue weighted by molar-refractivity contribution is -0.126. The van der Waals surface area contributed by atoms with E-state index < -0.39 is 0 Å². The number of aryl methyl sites for hydroxylation is 1. The molecule has 1 aromatic carbocycles. The van der Waals surface area contributed by atoms with E-state index in [1.807, 2.05) is 44.0 Å². The van der Waals surface area contributed by atoms with Crippen LogP contribution in [-0.4, -0.2) is 49.4 Å². The van der Waals surface area contributed by atoms with Crippen LogP contribution in [0, 0.1) is 12.8 Å². The molecule has 0 saturated carbocycles. The Kier molecular flexibility index (Phi) is 8.89. The largest absolute Gasteiger partial charge is 0.354 e. The van der Waals surface area contributed by atoms with Gasteiger partial charge < -0.3 is 15.5 Å². The first-order valence-corrected chi connectivity index (χ1v) is 9.22. The van der Waals surface area contributed by atoms with Crippen LogP contribution in [0.5, 0.6) is 0 Å². The minimum Gasteiger partial charge on any atom is -0.354 e. The fourth-order valence-corrected chi connectivity index (χ4v) is 3.39. The molecule has 2 unspecified atom stereocenters. The number of hydrogen-bond acceptors (Lipinski definition) is 3. The molecule has 0 aliphatic carbocycles. The van der Waals surface area contributed by atoms with E-state index in [2.05, 4.69) is 26.6 Å². The average molecular weight is 433 g/mol. The average Bonchev–Trinajstić information content (AvgIpc) is 2.58. The third kappa shape index (κ3) is 5.97. The van der Waals surface area contributed by atoms with Gasteiger partial charge in [0.2, 0.25) is 5.91 Å². The van der Waals surface area contributed by atoms with Gasteiger partial charge in [-0.05, 0) is 57.5 Å². The van der Waals surface area contributed by atoms with E-state index in [4.69, 9.17) is 0 Å². The van der Waals surface area contributed by atoms with E-state index in [0.29, 0.717) is 25.2 Å². The van der Waals surface area contributed by atoms with Crippen LogP contribution in [0.2, 0.25) is 0 Å². The topological polar surface area (TPSA) is 61.4 Å². The van der Waals surface area contributed by atoms with Crippen molar-refractivity contribution in [2.75, 3.05) is 26.7 Å². The number of nitrogens with zero attached hydrogens (tertiary/aromatic N) is 1. The summed E-state index contributed by atoms with van der Waals surface area (Å²) < 4.78 is 0.964. The Balaban J connectivity index is 0.00000312. The molecule has 25 heavy (non-hydrogen) atoms. The number of rotatable bonds is 5. The van der Waals surface area contributed by atoms with Gasteiger partial charge in [0, 0.05) is 35.7 Å². The van der Waals surface area contributed by atoms with E-state index in [9.17, 15) is 9.59 Å². The predicted molar refractivity (Wildman–Crippen MR) is 106 cm³/mol. The molecule has 5 nitrogen and oxygen atoms in total. The lowest BCUT2D eigenvalue weighted by Crippen LogP contribution is -2.47. The molecule has 2 amide bonds. The van der Waals surface area contributed by atoms with E-state index in [-0.39, 0.29) is 36.2 Å². The summed E-state index contributed by atoms with van der Waals surface area (Å²) in [6.45, 7) is 5.77. The van der Waals surface area contributed by atoms with Gasteiger partial charge in [-0.15, -0.1) is 12.4 Å². The summed E-state index contributed by atoms with van der Waals surface area (Å²) in [5.41, 5.74) is 1.66. The van der Waals surface area contributed by atoms with Gasteiger partial charge in [0.05, 0.1) is 5.92 Å². The fraction of sp³-hybridized carbons (Fsp3) is 0.556. The van der Waals surface area contributed by atoms with E-state index in [1.165, 1.54) is 0 Å². The first-order valence-electron chi connectivity index (χ1n) is 8.42. The van der Waals surface area contributed by atoms with Crippen LogP contribution in [0.3, 0.4) is 0 Å². The molecule has 1 aliphatic heterocycles. The number of carbonyl (C=O) groups is 2. The first kappa shape index (κ1) is 21.9. The van der Waals surface area contributed by atoms with Gasteiger partial charge in [-0.1, -0.05) is 15.9 Å². The molecule has 7 heteroatoms. The maximum absolute atomic E-state index is 12.8. The smallest absolute Gasteiger partial charge is 0.254 e. The number of carbonyl (C=O) groups excluding carboxylic acids is 2. The summed E-state index contributed by atoms with van der Waals surface area (Å²) in [5.74, 6) is -0.0641. The van der Waals surface area contributed by atoms with Crippen molar-refractivity contribution in [1.82, 2.24) is 15.5 Å². The summed E-state index contributed by atoms with van der Waals surface area (Å²) in [6.07, 6.45) is 1.70. The molecule has 2 N–H and O–H groups in total. The van der Waals surface area contributed by atoms with Crippen LogP contribution in [0.15, 0.2) is 22.7 Å². The lowest BCUT2D eigenvalue weighted by atomic mass is 9.96. The van der Waals surface area contributed by atoms with Gasteiger partial charge in [0.15, 0.2) is 0 Å². The van der Waals surface area contributed by atoms with Gasteiger partial charge in [0.1, 0.15) is 0 Å². The number of hydrogen-bond donors (Lipinski definition) is 2. The molecule has 1 aliphatic rings. The second kappa shape index (κ2) is 10.1. The van der Waals surface area contributed by atoms with Crippen molar-refractivity contribution in [3.8, 4) is 0 Å². The molecular formula is C18H27BrClN3O2. The van der Waals surface area contributed by atoms with Gasteiger partial charge >= 0.3 is 0 Å². The molecule has 0 aromatic heterocycles. The molecular weight excluding hydrogens is 406 g/mol. The quantitative estimate of drug-likeness (QED) is 0.752. The first-order chi connectivity index (χ1) is 11.4. The van der Waals surface area contributed by atoms with Crippen molar-refractivity contribution in [2.45, 2.75) is 32.7 Å². The van der Waals surface area contributed by atoms with E-state index >= 15 is 0 Å². The Labute approximate surface area is 164 Å². The number of likely N-dealkylation sites (N-methyl/N-ethyl adjacent to an activating group) is 1. The number of likely N-dealkylation sites (tertiary alicyclic amines) is 1. The monoisotopic (exact) mass is 431 g/mol. The molecule has 140 valence electrons. The molecule has 0 radical (unpaired) electrons. The van der Waals surface area contributed by atoms with Crippen LogP contribution < -0.4 is 10.6 Å².